The van der Waals surface area contributed by atoms with Crippen molar-refractivity contribution in [2.24, 2.45) is 17.8 Å². The zero-order valence-electron chi connectivity index (χ0n) is 19.9. The lowest BCUT2D eigenvalue weighted by Gasteiger charge is -2.37. The summed E-state index contributed by atoms with van der Waals surface area (Å²) in [4.78, 5) is 53.2. The van der Waals surface area contributed by atoms with Crippen LogP contribution in [0.5, 0.6) is 0 Å². The van der Waals surface area contributed by atoms with Crippen LogP contribution in [0.2, 0.25) is 0 Å². The van der Waals surface area contributed by atoms with Crippen LogP contribution in [0, 0.1) is 38.0 Å². The van der Waals surface area contributed by atoms with Gasteiger partial charge in [0, 0.05) is 50.1 Å². The third kappa shape index (κ3) is 4.14. The monoisotopic (exact) mass is 493 g/mol. The molecule has 2 saturated heterocycles. The fourth-order valence-corrected chi connectivity index (χ4v) is 5.70. The molecule has 0 aromatic heterocycles. The Bertz CT molecular complexity index is 1220. The predicted molar refractivity (Wildman–Crippen MR) is 133 cm³/mol. The lowest BCUT2D eigenvalue weighted by Crippen LogP contribution is -2.46. The van der Waals surface area contributed by atoms with Crippen molar-refractivity contribution in [1.82, 2.24) is 0 Å². The average molecular weight is 494 g/mol. The first-order valence-electron chi connectivity index (χ1n) is 12.1. The van der Waals surface area contributed by atoms with Crippen LogP contribution >= 0.6 is 0 Å². The fraction of sp³-hybridized carbons (Fsp3) is 0.440. The van der Waals surface area contributed by atoms with Crippen molar-refractivity contribution in [1.29, 1.82) is 0 Å². The lowest BCUT2D eigenvalue weighted by atomic mass is 9.76. The van der Waals surface area contributed by atoms with E-state index in [4.69, 9.17) is 0 Å². The molecule has 3 atom stereocenters. The van der Waals surface area contributed by atoms with Gasteiger partial charge in [-0.05, 0) is 49.4 Å². The minimum Gasteiger partial charge on any atom is -0.368 e. The molecule has 188 valence electrons. The third-order valence-electron chi connectivity index (χ3n) is 7.65. The number of rotatable bonds is 5. The predicted octanol–water partition coefficient (Wildman–Crippen LogP) is 3.76. The molecular weight excluding hydrogens is 466 g/mol. The van der Waals surface area contributed by atoms with Crippen LogP contribution in [0.25, 0.3) is 0 Å². The molecule has 0 radical (unpaired) electrons. The van der Waals surface area contributed by atoms with Crippen LogP contribution in [-0.2, 0) is 9.59 Å². The summed E-state index contributed by atoms with van der Waals surface area (Å²) in [5, 5.41) is 22.9. The summed E-state index contributed by atoms with van der Waals surface area (Å²) in [6.07, 6.45) is 2.25. The Hall–Kier alpha value is -4.02. The first kappa shape index (κ1) is 23.7. The molecule has 0 bridgehead atoms. The van der Waals surface area contributed by atoms with Gasteiger partial charge in [-0.25, -0.2) is 4.90 Å². The van der Waals surface area contributed by atoms with Crippen LogP contribution in [0.3, 0.4) is 0 Å². The number of hydrogen-bond acceptors (Lipinski definition) is 8. The van der Waals surface area contributed by atoms with Crippen molar-refractivity contribution in [2.75, 3.05) is 40.9 Å². The zero-order valence-corrected chi connectivity index (χ0v) is 19.9. The molecule has 2 aliphatic heterocycles. The number of fused-ring (bicyclic) bond motifs is 1. The second-order valence-corrected chi connectivity index (χ2v) is 9.82. The summed E-state index contributed by atoms with van der Waals surface area (Å²) in [5.41, 5.74) is 1.44. The Morgan fingerprint density at radius 2 is 1.39 bits per heavy atom. The molecule has 2 amide bonds. The minimum atomic E-state index is -0.471. The van der Waals surface area contributed by atoms with Crippen molar-refractivity contribution in [3.63, 3.8) is 0 Å². The van der Waals surface area contributed by atoms with Crippen molar-refractivity contribution in [3.05, 3.63) is 62.7 Å². The van der Waals surface area contributed by atoms with Gasteiger partial charge < -0.3 is 9.80 Å². The first-order valence-corrected chi connectivity index (χ1v) is 12.1. The molecule has 1 aliphatic carbocycles. The van der Waals surface area contributed by atoms with E-state index in [9.17, 15) is 29.8 Å². The number of benzene rings is 2. The van der Waals surface area contributed by atoms with Gasteiger partial charge in [0.25, 0.3) is 11.4 Å². The SMILES string of the molecule is C[C@@H]1CC[C@H]2C(=O)N(c3ccc(N4CCN(c5ccc([N+](=O)[O-])cc5)CC4)c([N+](=O)[O-])c3)C(=O)[C@H]2C1. The average Bonchev–Trinajstić information content (AvgIpc) is 3.12. The number of nitro groups is 2. The molecule has 0 spiro atoms. The van der Waals surface area contributed by atoms with Crippen LogP contribution in [0.1, 0.15) is 26.2 Å². The number of imide groups is 1. The summed E-state index contributed by atoms with van der Waals surface area (Å²) in [6.45, 7) is 4.28. The molecule has 3 aliphatic rings. The van der Waals surface area contributed by atoms with E-state index in [2.05, 4.69) is 11.8 Å². The Labute approximate surface area is 207 Å². The summed E-state index contributed by atoms with van der Waals surface area (Å²) < 4.78 is 0. The zero-order chi connectivity index (χ0) is 25.6. The van der Waals surface area contributed by atoms with E-state index in [-0.39, 0.29) is 40.7 Å². The number of anilines is 3. The molecule has 1 saturated carbocycles. The first-order chi connectivity index (χ1) is 17.2. The van der Waals surface area contributed by atoms with E-state index in [1.165, 1.54) is 18.2 Å². The Kier molecular flexibility index (Phi) is 6.07. The maximum absolute atomic E-state index is 13.1. The van der Waals surface area contributed by atoms with Gasteiger partial charge in [-0.1, -0.05) is 6.92 Å². The molecule has 0 N–H and O–H groups in total. The number of carbonyl (C=O) groups excluding carboxylic acids is 2. The molecule has 11 heteroatoms. The smallest absolute Gasteiger partial charge is 0.294 e. The van der Waals surface area contributed by atoms with Gasteiger partial charge in [-0.15, -0.1) is 0 Å². The van der Waals surface area contributed by atoms with Crippen LogP contribution in [0.4, 0.5) is 28.4 Å². The fourth-order valence-electron chi connectivity index (χ4n) is 5.70. The molecule has 2 aromatic rings. The van der Waals surface area contributed by atoms with Crippen molar-refractivity contribution in [3.8, 4) is 0 Å². The van der Waals surface area contributed by atoms with Crippen LogP contribution < -0.4 is 14.7 Å². The topological polar surface area (TPSA) is 130 Å². The number of nitrogens with zero attached hydrogens (tertiary/aromatic N) is 5. The lowest BCUT2D eigenvalue weighted by molar-refractivity contribution is -0.384. The van der Waals surface area contributed by atoms with Gasteiger partial charge in [0.1, 0.15) is 5.69 Å². The highest BCUT2D eigenvalue weighted by molar-refractivity contribution is 6.22. The maximum Gasteiger partial charge on any atom is 0.294 e. The number of nitro benzene ring substituents is 2. The number of carbonyl (C=O) groups is 2. The third-order valence-corrected chi connectivity index (χ3v) is 7.65. The van der Waals surface area contributed by atoms with Gasteiger partial charge in [-0.3, -0.25) is 29.8 Å². The largest absolute Gasteiger partial charge is 0.368 e. The Morgan fingerprint density at radius 3 is 2.03 bits per heavy atom. The molecular formula is C25H27N5O6. The van der Waals surface area contributed by atoms with Crippen molar-refractivity contribution >= 4 is 40.3 Å². The van der Waals surface area contributed by atoms with E-state index in [1.54, 1.807) is 24.3 Å². The van der Waals surface area contributed by atoms with Gasteiger partial charge in [-0.2, -0.15) is 0 Å². The summed E-state index contributed by atoms with van der Waals surface area (Å²) in [6, 6.07) is 10.9. The normalized spacial score (nSPS) is 24.1. The molecule has 11 nitrogen and oxygen atoms in total. The van der Waals surface area contributed by atoms with E-state index in [0.717, 1.165) is 17.0 Å². The highest BCUT2D eigenvalue weighted by atomic mass is 16.6. The molecule has 2 aromatic carbocycles. The van der Waals surface area contributed by atoms with Gasteiger partial charge >= 0.3 is 0 Å². The van der Waals surface area contributed by atoms with E-state index in [1.807, 2.05) is 4.90 Å². The van der Waals surface area contributed by atoms with Crippen molar-refractivity contribution in [2.45, 2.75) is 26.2 Å². The Balaban J connectivity index is 1.34. The quantitative estimate of drug-likeness (QED) is 0.350. The molecule has 3 fully saturated rings. The molecule has 5 rings (SSSR count). The highest BCUT2D eigenvalue weighted by Crippen LogP contribution is 2.43. The van der Waals surface area contributed by atoms with Gasteiger partial charge in [0.2, 0.25) is 11.8 Å². The van der Waals surface area contributed by atoms with Crippen LogP contribution in [-0.4, -0.2) is 47.8 Å². The van der Waals surface area contributed by atoms with Crippen molar-refractivity contribution < 1.29 is 19.4 Å². The second-order valence-electron chi connectivity index (χ2n) is 9.82. The number of piperazine rings is 1. The van der Waals surface area contributed by atoms with Gasteiger partial charge in [0.15, 0.2) is 0 Å². The number of hydrogen-bond donors (Lipinski definition) is 0. The summed E-state index contributed by atoms with van der Waals surface area (Å²) in [5.74, 6) is -0.803. The number of amides is 2. The standard InChI is InChI=1S/C25H27N5O6/c1-16-2-8-20-21(14-16)25(32)28(24(20)31)19-7-9-22(23(15-19)30(35)36)27-12-10-26(11-13-27)17-3-5-18(6-4-17)29(33)34/h3-7,9,15-16,20-21H,2,8,10-14H2,1H3/t16-,20-,21+/m1/s1. The second kappa shape index (κ2) is 9.21. The molecule has 0 unspecified atom stereocenters. The van der Waals surface area contributed by atoms with E-state index < -0.39 is 9.85 Å². The van der Waals surface area contributed by atoms with E-state index >= 15 is 0 Å². The minimum absolute atomic E-state index is 0.0248. The number of non-ortho nitro benzene ring substituents is 1. The molecule has 36 heavy (non-hydrogen) atoms. The summed E-state index contributed by atoms with van der Waals surface area (Å²) >= 11 is 0. The summed E-state index contributed by atoms with van der Waals surface area (Å²) in [7, 11) is 0. The highest BCUT2D eigenvalue weighted by Gasteiger charge is 2.50. The maximum atomic E-state index is 13.1. The van der Waals surface area contributed by atoms with Crippen LogP contribution in [0.15, 0.2) is 42.5 Å². The van der Waals surface area contributed by atoms with E-state index in [0.29, 0.717) is 50.6 Å². The Morgan fingerprint density at radius 1 is 0.778 bits per heavy atom. The van der Waals surface area contributed by atoms with Gasteiger partial charge in [0.05, 0.1) is 27.4 Å². The molecule has 2 heterocycles.